The molecule has 5 nitrogen and oxygen atoms in total. The lowest BCUT2D eigenvalue weighted by Crippen LogP contribution is -2.31. The number of halogens is 2. The van der Waals surface area contributed by atoms with E-state index in [1.807, 2.05) is 17.7 Å². The molecule has 96 valence electrons. The molecule has 3 N–H and O–H groups in total. The number of hydrogen-bond donors (Lipinski definition) is 2. The number of nitrogens with one attached hydrogen (secondary N) is 1. The monoisotopic (exact) mass is 373 g/mol. The molecule has 0 saturated heterocycles. The van der Waals surface area contributed by atoms with Crippen molar-refractivity contribution in [3.63, 3.8) is 0 Å². The highest BCUT2D eigenvalue weighted by atomic mass is 79.9. The van der Waals surface area contributed by atoms with Crippen molar-refractivity contribution in [2.75, 3.05) is 0 Å². The van der Waals surface area contributed by atoms with Crippen molar-refractivity contribution in [3.8, 4) is 0 Å². The summed E-state index contributed by atoms with van der Waals surface area (Å²) >= 11 is 6.92. The fraction of sp³-hybridized carbons (Fsp3) is 0.273. The maximum Gasteiger partial charge on any atom is 0.0905 e. The summed E-state index contributed by atoms with van der Waals surface area (Å²) in [6.07, 6.45) is 5.30. The van der Waals surface area contributed by atoms with Gasteiger partial charge in [0.15, 0.2) is 0 Å². The van der Waals surface area contributed by atoms with Crippen LogP contribution in [0.2, 0.25) is 0 Å². The summed E-state index contributed by atoms with van der Waals surface area (Å²) in [5, 5.41) is 4.29. The number of rotatable bonds is 4. The molecule has 1 atom stereocenters. The molecule has 2 rings (SSSR count). The summed E-state index contributed by atoms with van der Waals surface area (Å²) in [6.45, 7) is 2.82. The maximum absolute atomic E-state index is 5.68. The van der Waals surface area contributed by atoms with Crippen molar-refractivity contribution in [1.82, 2.24) is 20.2 Å². The van der Waals surface area contributed by atoms with E-state index in [1.165, 1.54) is 0 Å². The van der Waals surface area contributed by atoms with E-state index in [-0.39, 0.29) is 6.04 Å². The van der Waals surface area contributed by atoms with Gasteiger partial charge in [-0.2, -0.15) is 5.10 Å². The van der Waals surface area contributed by atoms with Gasteiger partial charge < -0.3 is 0 Å². The molecule has 0 spiro atoms. The van der Waals surface area contributed by atoms with Gasteiger partial charge in [0.1, 0.15) is 0 Å². The van der Waals surface area contributed by atoms with E-state index in [0.717, 1.165) is 26.7 Å². The van der Waals surface area contributed by atoms with E-state index in [0.29, 0.717) is 0 Å². The van der Waals surface area contributed by atoms with Gasteiger partial charge in [0, 0.05) is 23.4 Å². The van der Waals surface area contributed by atoms with E-state index >= 15 is 0 Å². The third-order valence-corrected chi connectivity index (χ3v) is 3.68. The van der Waals surface area contributed by atoms with Crippen LogP contribution in [0.5, 0.6) is 0 Å². The topological polar surface area (TPSA) is 68.8 Å². The molecule has 0 aliphatic rings. The largest absolute Gasteiger partial charge is 0.271 e. The van der Waals surface area contributed by atoms with Gasteiger partial charge in [-0.1, -0.05) is 0 Å². The predicted octanol–water partition coefficient (Wildman–Crippen LogP) is 2.38. The second kappa shape index (κ2) is 5.92. The highest BCUT2D eigenvalue weighted by Gasteiger charge is 2.20. The molecule has 18 heavy (non-hydrogen) atoms. The summed E-state index contributed by atoms with van der Waals surface area (Å²) in [4.78, 5) is 4.16. The van der Waals surface area contributed by atoms with Crippen LogP contribution >= 0.6 is 31.9 Å². The van der Waals surface area contributed by atoms with Crippen LogP contribution in [0.4, 0.5) is 0 Å². The van der Waals surface area contributed by atoms with Gasteiger partial charge in [-0.05, 0) is 50.4 Å². The highest BCUT2D eigenvalue weighted by molar-refractivity contribution is 9.10. The molecule has 0 aliphatic heterocycles. The first-order chi connectivity index (χ1) is 8.67. The zero-order valence-corrected chi connectivity index (χ0v) is 12.9. The Morgan fingerprint density at radius 3 is 2.78 bits per heavy atom. The van der Waals surface area contributed by atoms with E-state index in [1.54, 1.807) is 18.6 Å². The van der Waals surface area contributed by atoms with Crippen molar-refractivity contribution in [2.45, 2.75) is 19.5 Å². The zero-order chi connectivity index (χ0) is 13.1. The number of pyridine rings is 1. The molecule has 2 aromatic heterocycles. The van der Waals surface area contributed by atoms with Gasteiger partial charge in [0.05, 0.1) is 22.4 Å². The fourth-order valence-corrected chi connectivity index (χ4v) is 2.74. The molecule has 0 fully saturated rings. The van der Waals surface area contributed by atoms with Crippen LogP contribution in [-0.2, 0) is 6.54 Å². The van der Waals surface area contributed by atoms with Crippen LogP contribution in [0.3, 0.4) is 0 Å². The fourth-order valence-electron chi connectivity index (χ4n) is 1.83. The number of aromatic nitrogens is 3. The van der Waals surface area contributed by atoms with Gasteiger partial charge in [0.2, 0.25) is 0 Å². The Kier molecular flexibility index (Phi) is 4.50. The van der Waals surface area contributed by atoms with Gasteiger partial charge in [-0.15, -0.1) is 0 Å². The van der Waals surface area contributed by atoms with Crippen LogP contribution < -0.4 is 11.3 Å². The summed E-state index contributed by atoms with van der Waals surface area (Å²) < 4.78 is 3.74. The van der Waals surface area contributed by atoms with Gasteiger partial charge in [-0.25, -0.2) is 5.43 Å². The molecular weight excluding hydrogens is 362 g/mol. The highest BCUT2D eigenvalue weighted by Crippen LogP contribution is 2.28. The lowest BCUT2D eigenvalue weighted by atomic mass is 10.1. The maximum atomic E-state index is 5.68. The molecule has 2 heterocycles. The van der Waals surface area contributed by atoms with Gasteiger partial charge >= 0.3 is 0 Å². The normalized spacial score (nSPS) is 12.7. The van der Waals surface area contributed by atoms with Crippen LogP contribution in [-0.4, -0.2) is 14.8 Å². The SMILES string of the molecule is CCn1ncc(Br)c1C(NN)c1cncc(Br)c1. The Bertz CT molecular complexity index is 540. The number of hydrazine groups is 1. The van der Waals surface area contributed by atoms with Gasteiger partial charge in [0.25, 0.3) is 0 Å². The van der Waals surface area contributed by atoms with E-state index < -0.39 is 0 Å². The van der Waals surface area contributed by atoms with Crippen LogP contribution in [0.25, 0.3) is 0 Å². The van der Waals surface area contributed by atoms with Crippen molar-refractivity contribution in [2.24, 2.45) is 5.84 Å². The first kappa shape index (κ1) is 13.7. The molecule has 0 amide bonds. The summed E-state index contributed by atoms with van der Waals surface area (Å²) in [5.41, 5.74) is 4.77. The Labute approximate surface area is 122 Å². The average molecular weight is 375 g/mol. The standard InChI is InChI=1S/C11H13Br2N5/c1-2-18-11(9(13)6-16-18)10(17-14)7-3-8(12)5-15-4-7/h3-6,10,17H,2,14H2,1H3. The van der Waals surface area contributed by atoms with E-state index in [9.17, 15) is 0 Å². The van der Waals surface area contributed by atoms with Crippen molar-refractivity contribution in [3.05, 3.63) is 44.9 Å². The molecule has 0 saturated carbocycles. The Hall–Kier alpha value is -0.760. The number of hydrogen-bond acceptors (Lipinski definition) is 4. The van der Waals surface area contributed by atoms with E-state index in [4.69, 9.17) is 5.84 Å². The van der Waals surface area contributed by atoms with Crippen LogP contribution in [0.15, 0.2) is 33.6 Å². The summed E-state index contributed by atoms with van der Waals surface area (Å²) in [5.74, 6) is 5.68. The van der Waals surface area contributed by atoms with Crippen LogP contribution in [0, 0.1) is 0 Å². The molecule has 1 unspecified atom stereocenters. The number of nitrogens with zero attached hydrogens (tertiary/aromatic N) is 3. The molecule has 0 bridgehead atoms. The average Bonchev–Trinajstić information content (AvgIpc) is 2.72. The number of nitrogens with two attached hydrogens (primary N) is 1. The predicted molar refractivity (Wildman–Crippen MR) is 76.7 cm³/mol. The first-order valence-corrected chi connectivity index (χ1v) is 7.03. The molecule has 0 aliphatic carbocycles. The Morgan fingerprint density at radius 1 is 1.39 bits per heavy atom. The summed E-state index contributed by atoms with van der Waals surface area (Å²) in [7, 11) is 0. The minimum atomic E-state index is -0.160. The molecule has 0 aromatic carbocycles. The van der Waals surface area contributed by atoms with Crippen molar-refractivity contribution >= 4 is 31.9 Å². The summed E-state index contributed by atoms with van der Waals surface area (Å²) in [6, 6.07) is 1.82. The Morgan fingerprint density at radius 2 is 2.17 bits per heavy atom. The zero-order valence-electron chi connectivity index (χ0n) is 9.77. The molecule has 2 aromatic rings. The minimum absolute atomic E-state index is 0.160. The second-order valence-corrected chi connectivity index (χ2v) is 5.50. The third kappa shape index (κ3) is 2.64. The Balaban J connectivity index is 2.48. The lowest BCUT2D eigenvalue weighted by Gasteiger charge is -2.18. The first-order valence-electron chi connectivity index (χ1n) is 5.45. The lowest BCUT2D eigenvalue weighted by molar-refractivity contribution is 0.541. The van der Waals surface area contributed by atoms with Crippen molar-refractivity contribution < 1.29 is 0 Å². The molecule has 0 radical (unpaired) electrons. The second-order valence-electron chi connectivity index (χ2n) is 3.73. The van der Waals surface area contributed by atoms with E-state index in [2.05, 4.69) is 47.4 Å². The molecule has 7 heteroatoms. The van der Waals surface area contributed by atoms with Crippen molar-refractivity contribution in [1.29, 1.82) is 0 Å². The third-order valence-electron chi connectivity index (χ3n) is 2.63. The van der Waals surface area contributed by atoms with Gasteiger partial charge in [-0.3, -0.25) is 15.5 Å². The smallest absolute Gasteiger partial charge is 0.0905 e. The minimum Gasteiger partial charge on any atom is -0.271 e. The quantitative estimate of drug-likeness (QED) is 0.636. The van der Waals surface area contributed by atoms with Crippen LogP contribution in [0.1, 0.15) is 24.2 Å². The molecular formula is C11H13Br2N5. The number of aryl methyl sites for hydroxylation is 1.